The van der Waals surface area contributed by atoms with Crippen molar-refractivity contribution in [3.63, 3.8) is 0 Å². The number of carboxylic acids is 1. The van der Waals surface area contributed by atoms with E-state index in [2.05, 4.69) is 10.6 Å². The predicted molar refractivity (Wildman–Crippen MR) is 75.4 cm³/mol. The Bertz CT molecular complexity index is 590. The summed E-state index contributed by atoms with van der Waals surface area (Å²) in [6, 6.07) is 7.46. The maximum atomic E-state index is 11.8. The number of hydrogen-bond acceptors (Lipinski definition) is 5. The molecule has 0 atom stereocenters. The largest absolute Gasteiger partial charge is 0.478 e. The van der Waals surface area contributed by atoms with Crippen molar-refractivity contribution in [3.05, 3.63) is 41.6 Å². The van der Waals surface area contributed by atoms with E-state index in [1.165, 1.54) is 30.5 Å². The Morgan fingerprint density at radius 3 is 2.76 bits per heavy atom. The molecule has 0 heterocycles. The lowest BCUT2D eigenvalue weighted by Crippen LogP contribution is -2.17. The molecule has 1 rings (SSSR count). The van der Waals surface area contributed by atoms with E-state index < -0.39 is 11.9 Å². The van der Waals surface area contributed by atoms with E-state index in [4.69, 9.17) is 15.5 Å². The van der Waals surface area contributed by atoms with Crippen molar-refractivity contribution in [2.24, 2.45) is 0 Å². The number of rotatable bonds is 7. The van der Waals surface area contributed by atoms with Gasteiger partial charge in [-0.25, -0.2) is 4.79 Å². The van der Waals surface area contributed by atoms with Crippen LogP contribution in [-0.2, 0) is 4.79 Å². The molecular formula is C14H15N3O4. The summed E-state index contributed by atoms with van der Waals surface area (Å²) in [6.45, 7) is 0.445. The van der Waals surface area contributed by atoms with Crippen molar-refractivity contribution in [2.75, 3.05) is 18.5 Å². The molecule has 7 heteroatoms. The highest BCUT2D eigenvalue weighted by Crippen LogP contribution is 2.11. The highest BCUT2D eigenvalue weighted by atomic mass is 16.4. The number of carbonyl (C=O) groups excluding carboxylic acids is 1. The number of nitrogens with one attached hydrogen (secondary N) is 2. The second-order valence-corrected chi connectivity index (χ2v) is 4.04. The number of carbonyl (C=O) groups is 2. The molecule has 0 radical (unpaired) electrons. The van der Waals surface area contributed by atoms with Crippen molar-refractivity contribution in [1.29, 1.82) is 5.26 Å². The number of anilines is 1. The molecule has 0 fully saturated rings. The number of benzene rings is 1. The Kier molecular flexibility index (Phi) is 6.44. The molecule has 0 aliphatic heterocycles. The molecule has 110 valence electrons. The van der Waals surface area contributed by atoms with Crippen LogP contribution in [0.15, 0.2) is 36.0 Å². The summed E-state index contributed by atoms with van der Waals surface area (Å²) in [6.07, 6.45) is 1.75. The minimum absolute atomic E-state index is 0.0108. The Morgan fingerprint density at radius 2 is 2.14 bits per heavy atom. The van der Waals surface area contributed by atoms with Gasteiger partial charge in [-0.3, -0.25) is 4.79 Å². The molecule has 1 amide bonds. The molecule has 21 heavy (non-hydrogen) atoms. The van der Waals surface area contributed by atoms with Gasteiger partial charge in [0.1, 0.15) is 11.6 Å². The van der Waals surface area contributed by atoms with Gasteiger partial charge in [-0.15, -0.1) is 0 Å². The van der Waals surface area contributed by atoms with E-state index in [9.17, 15) is 9.59 Å². The fourth-order valence-electron chi connectivity index (χ4n) is 1.43. The van der Waals surface area contributed by atoms with Gasteiger partial charge in [0.25, 0.3) is 5.91 Å². The predicted octanol–water partition coefficient (Wildman–Crippen LogP) is 0.703. The molecule has 0 bridgehead atoms. The maximum Gasteiger partial charge on any atom is 0.335 e. The van der Waals surface area contributed by atoms with E-state index in [1.807, 2.05) is 0 Å². The number of aliphatic hydroxyl groups is 1. The highest BCUT2D eigenvalue weighted by Gasteiger charge is 2.10. The van der Waals surface area contributed by atoms with Gasteiger partial charge >= 0.3 is 5.97 Å². The van der Waals surface area contributed by atoms with Crippen LogP contribution >= 0.6 is 0 Å². The van der Waals surface area contributed by atoms with Gasteiger partial charge in [0, 0.05) is 25.0 Å². The zero-order valence-electron chi connectivity index (χ0n) is 11.2. The number of nitrogens with zero attached hydrogens (tertiary/aromatic N) is 1. The van der Waals surface area contributed by atoms with Crippen LogP contribution in [0.5, 0.6) is 0 Å². The van der Waals surface area contributed by atoms with Gasteiger partial charge in [-0.05, 0) is 24.6 Å². The average molecular weight is 289 g/mol. The second kappa shape index (κ2) is 8.35. The average Bonchev–Trinajstić information content (AvgIpc) is 2.47. The minimum Gasteiger partial charge on any atom is -0.478 e. The number of amides is 1. The lowest BCUT2D eigenvalue weighted by Gasteiger charge is -2.05. The summed E-state index contributed by atoms with van der Waals surface area (Å²) < 4.78 is 0. The maximum absolute atomic E-state index is 11.8. The van der Waals surface area contributed by atoms with Crippen molar-refractivity contribution < 1.29 is 19.8 Å². The van der Waals surface area contributed by atoms with Crippen LogP contribution in [0.4, 0.5) is 5.69 Å². The number of aliphatic hydroxyl groups excluding tert-OH is 1. The van der Waals surface area contributed by atoms with Gasteiger partial charge in [0.15, 0.2) is 0 Å². The van der Waals surface area contributed by atoms with Gasteiger partial charge in [0.2, 0.25) is 0 Å². The molecule has 0 spiro atoms. The number of nitriles is 1. The first-order valence-electron chi connectivity index (χ1n) is 6.17. The molecule has 1 aromatic carbocycles. The van der Waals surface area contributed by atoms with Gasteiger partial charge in [-0.2, -0.15) is 5.26 Å². The van der Waals surface area contributed by atoms with Crippen molar-refractivity contribution in [1.82, 2.24) is 5.32 Å². The minimum atomic E-state index is -1.10. The molecule has 0 saturated carbocycles. The first kappa shape index (κ1) is 16.2. The Balaban J connectivity index is 2.72. The zero-order chi connectivity index (χ0) is 15.7. The summed E-state index contributed by atoms with van der Waals surface area (Å²) in [4.78, 5) is 22.7. The van der Waals surface area contributed by atoms with Crippen LogP contribution in [0.2, 0.25) is 0 Å². The van der Waals surface area contributed by atoms with Crippen LogP contribution in [0, 0.1) is 11.3 Å². The second-order valence-electron chi connectivity index (χ2n) is 4.04. The molecule has 0 saturated heterocycles. The van der Waals surface area contributed by atoms with Crippen molar-refractivity contribution in [2.45, 2.75) is 6.42 Å². The lowest BCUT2D eigenvalue weighted by molar-refractivity contribution is -0.112. The Hall–Kier alpha value is -2.85. The molecule has 4 N–H and O–H groups in total. The molecule has 7 nitrogen and oxygen atoms in total. The van der Waals surface area contributed by atoms with E-state index in [0.29, 0.717) is 13.0 Å². The number of carboxylic acid groups (broad SMARTS) is 1. The quantitative estimate of drug-likeness (QED) is 0.333. The Labute approximate surface area is 121 Å². The molecular weight excluding hydrogens is 274 g/mol. The third-order valence-electron chi connectivity index (χ3n) is 2.46. The normalized spacial score (nSPS) is 10.6. The van der Waals surface area contributed by atoms with E-state index in [-0.39, 0.29) is 23.4 Å². The fourth-order valence-corrected chi connectivity index (χ4v) is 1.43. The highest BCUT2D eigenvalue weighted by molar-refractivity contribution is 6.06. The number of aromatic carboxylic acids is 1. The van der Waals surface area contributed by atoms with E-state index >= 15 is 0 Å². The smallest absolute Gasteiger partial charge is 0.335 e. The van der Waals surface area contributed by atoms with Gasteiger partial charge in [-0.1, -0.05) is 6.07 Å². The summed E-state index contributed by atoms with van der Waals surface area (Å²) in [5.74, 6) is -1.75. The topological polar surface area (TPSA) is 122 Å². The first-order chi connectivity index (χ1) is 10.1. The summed E-state index contributed by atoms with van der Waals surface area (Å²) in [5, 5.41) is 31.6. The van der Waals surface area contributed by atoms with Crippen LogP contribution in [0.3, 0.4) is 0 Å². The zero-order valence-corrected chi connectivity index (χ0v) is 11.2. The SMILES string of the molecule is N#C/C(=C/NCCCO)C(=O)Nc1cccc(C(=O)O)c1. The van der Waals surface area contributed by atoms with Crippen molar-refractivity contribution >= 4 is 17.6 Å². The monoisotopic (exact) mass is 289 g/mol. The molecule has 0 aliphatic rings. The molecule has 0 aliphatic carbocycles. The third kappa shape index (κ3) is 5.34. The van der Waals surface area contributed by atoms with E-state index in [1.54, 1.807) is 6.07 Å². The van der Waals surface area contributed by atoms with Crippen molar-refractivity contribution in [3.8, 4) is 6.07 Å². The molecule has 0 unspecified atom stereocenters. The summed E-state index contributed by atoms with van der Waals surface area (Å²) >= 11 is 0. The third-order valence-corrected chi connectivity index (χ3v) is 2.46. The molecule has 1 aromatic rings. The van der Waals surface area contributed by atoms with Crippen LogP contribution in [-0.4, -0.2) is 35.2 Å². The van der Waals surface area contributed by atoms with Crippen LogP contribution < -0.4 is 10.6 Å². The fraction of sp³-hybridized carbons (Fsp3) is 0.214. The van der Waals surface area contributed by atoms with Crippen LogP contribution in [0.25, 0.3) is 0 Å². The first-order valence-corrected chi connectivity index (χ1v) is 6.17. The van der Waals surface area contributed by atoms with Crippen LogP contribution in [0.1, 0.15) is 16.8 Å². The summed E-state index contributed by atoms with van der Waals surface area (Å²) in [7, 11) is 0. The van der Waals surface area contributed by atoms with Gasteiger partial charge in [0.05, 0.1) is 5.56 Å². The van der Waals surface area contributed by atoms with E-state index in [0.717, 1.165) is 0 Å². The summed E-state index contributed by atoms with van der Waals surface area (Å²) in [5.41, 5.74) is 0.182. The lowest BCUT2D eigenvalue weighted by atomic mass is 10.2. The molecule has 0 aromatic heterocycles. The van der Waals surface area contributed by atoms with Gasteiger partial charge < -0.3 is 20.8 Å². The number of hydrogen-bond donors (Lipinski definition) is 4. The standard InChI is InChI=1S/C14H15N3O4/c15-8-11(9-16-5-2-6-18)13(19)17-12-4-1-3-10(7-12)14(20)21/h1,3-4,7,9,16,18H,2,5-6H2,(H,17,19)(H,20,21)/b11-9-. The Morgan fingerprint density at radius 1 is 1.38 bits per heavy atom.